The van der Waals surface area contributed by atoms with Crippen LogP contribution in [0.15, 0.2) is 35.5 Å². The molecule has 1 aromatic heterocycles. The zero-order chi connectivity index (χ0) is 21.0. The molecule has 2 N–H and O–H groups in total. The Kier molecular flexibility index (Phi) is 12.4. The zero-order valence-corrected chi connectivity index (χ0v) is 21.7. The van der Waals surface area contributed by atoms with E-state index in [-0.39, 0.29) is 24.0 Å². The van der Waals surface area contributed by atoms with Crippen molar-refractivity contribution in [3.63, 3.8) is 0 Å². The minimum Gasteiger partial charge on any atom is -0.381 e. The van der Waals surface area contributed by atoms with Crippen molar-refractivity contribution in [2.24, 2.45) is 4.99 Å². The molecule has 0 spiro atoms. The quantitative estimate of drug-likeness (QED) is 0.259. The van der Waals surface area contributed by atoms with Crippen LogP contribution in [0.2, 0.25) is 0 Å². The highest BCUT2D eigenvalue weighted by molar-refractivity contribution is 14.0. The van der Waals surface area contributed by atoms with Crippen molar-refractivity contribution < 1.29 is 9.47 Å². The number of rotatable bonds is 10. The summed E-state index contributed by atoms with van der Waals surface area (Å²) in [5.74, 6) is 0.844. The summed E-state index contributed by atoms with van der Waals surface area (Å²) < 4.78 is 11.4. The SMILES string of the molecule is CCNC(=NCc1ccc(COC2CCOCC2)cc1)NCCc1ncc(CC)s1.I. The van der Waals surface area contributed by atoms with Crippen molar-refractivity contribution in [3.05, 3.63) is 51.5 Å². The summed E-state index contributed by atoms with van der Waals surface area (Å²) in [7, 11) is 0. The van der Waals surface area contributed by atoms with Crippen LogP contribution in [0.3, 0.4) is 0 Å². The molecule has 31 heavy (non-hydrogen) atoms. The number of nitrogens with one attached hydrogen (secondary N) is 2. The maximum absolute atomic E-state index is 6.00. The third-order valence-corrected chi connectivity index (χ3v) is 6.22. The first-order valence-electron chi connectivity index (χ1n) is 11.0. The summed E-state index contributed by atoms with van der Waals surface area (Å²) in [5.41, 5.74) is 2.39. The summed E-state index contributed by atoms with van der Waals surface area (Å²) in [6, 6.07) is 8.55. The Morgan fingerprint density at radius 1 is 1.16 bits per heavy atom. The van der Waals surface area contributed by atoms with Crippen LogP contribution in [0.4, 0.5) is 0 Å². The lowest BCUT2D eigenvalue weighted by molar-refractivity contribution is -0.0390. The molecule has 2 heterocycles. The lowest BCUT2D eigenvalue weighted by atomic mass is 10.1. The molecule has 1 saturated heterocycles. The van der Waals surface area contributed by atoms with E-state index in [1.807, 2.05) is 6.20 Å². The first-order valence-corrected chi connectivity index (χ1v) is 11.8. The fourth-order valence-corrected chi connectivity index (χ4v) is 4.09. The summed E-state index contributed by atoms with van der Waals surface area (Å²) in [6.45, 7) is 8.84. The van der Waals surface area contributed by atoms with Gasteiger partial charge < -0.3 is 20.1 Å². The fourth-order valence-electron chi connectivity index (χ4n) is 3.22. The van der Waals surface area contributed by atoms with Gasteiger partial charge in [-0.15, -0.1) is 35.3 Å². The third kappa shape index (κ3) is 9.43. The van der Waals surface area contributed by atoms with Crippen LogP contribution in [0.5, 0.6) is 0 Å². The largest absolute Gasteiger partial charge is 0.381 e. The first kappa shape index (κ1) is 26.0. The molecule has 1 aliphatic heterocycles. The van der Waals surface area contributed by atoms with Gasteiger partial charge >= 0.3 is 0 Å². The predicted molar refractivity (Wildman–Crippen MR) is 139 cm³/mol. The van der Waals surface area contributed by atoms with Gasteiger partial charge in [0.25, 0.3) is 0 Å². The van der Waals surface area contributed by atoms with Crippen molar-refractivity contribution in [2.75, 3.05) is 26.3 Å². The Hall–Kier alpha value is -1.23. The van der Waals surface area contributed by atoms with Crippen LogP contribution in [-0.4, -0.2) is 43.4 Å². The van der Waals surface area contributed by atoms with Gasteiger partial charge in [-0.3, -0.25) is 0 Å². The van der Waals surface area contributed by atoms with Gasteiger partial charge in [-0.25, -0.2) is 9.98 Å². The van der Waals surface area contributed by atoms with Crippen LogP contribution in [0.1, 0.15) is 47.7 Å². The van der Waals surface area contributed by atoms with E-state index in [4.69, 9.17) is 14.5 Å². The van der Waals surface area contributed by atoms with Crippen molar-refractivity contribution in [3.8, 4) is 0 Å². The summed E-state index contributed by atoms with van der Waals surface area (Å²) in [4.78, 5) is 10.5. The van der Waals surface area contributed by atoms with Gasteiger partial charge in [0.15, 0.2) is 5.96 Å². The summed E-state index contributed by atoms with van der Waals surface area (Å²) in [5, 5.41) is 7.90. The maximum atomic E-state index is 6.00. The number of guanidine groups is 1. The topological polar surface area (TPSA) is 67.8 Å². The number of ether oxygens (including phenoxy) is 2. The Balaban J connectivity index is 0.00000341. The van der Waals surface area contributed by atoms with Gasteiger partial charge in [-0.2, -0.15) is 0 Å². The van der Waals surface area contributed by atoms with Gasteiger partial charge in [0.2, 0.25) is 0 Å². The molecule has 8 heteroatoms. The Morgan fingerprint density at radius 3 is 2.58 bits per heavy atom. The molecule has 1 aromatic carbocycles. The van der Waals surface area contributed by atoms with Gasteiger partial charge in [0.1, 0.15) is 0 Å². The van der Waals surface area contributed by atoms with E-state index in [0.717, 1.165) is 57.9 Å². The molecule has 0 bridgehead atoms. The molecule has 6 nitrogen and oxygen atoms in total. The number of halogens is 1. The fraction of sp³-hybridized carbons (Fsp3) is 0.565. The smallest absolute Gasteiger partial charge is 0.191 e. The molecule has 0 aliphatic carbocycles. The van der Waals surface area contributed by atoms with Crippen LogP contribution < -0.4 is 10.6 Å². The van der Waals surface area contributed by atoms with E-state index < -0.39 is 0 Å². The van der Waals surface area contributed by atoms with Crippen molar-refractivity contribution >= 4 is 41.3 Å². The number of hydrogen-bond donors (Lipinski definition) is 2. The molecule has 1 aliphatic rings. The van der Waals surface area contributed by atoms with E-state index in [2.05, 4.69) is 53.7 Å². The van der Waals surface area contributed by atoms with Gasteiger partial charge in [0, 0.05) is 43.8 Å². The molecule has 0 amide bonds. The second-order valence-electron chi connectivity index (χ2n) is 7.39. The number of aryl methyl sites for hydroxylation is 1. The standard InChI is InChI=1S/C23H34N4O2S.HI/c1-3-21-16-26-22(30-21)9-12-25-23(24-4-2)27-15-18-5-7-19(8-6-18)17-29-20-10-13-28-14-11-20;/h5-8,16,20H,3-4,9-15,17H2,1-2H3,(H2,24,25,27);1H. The molecule has 2 aromatic rings. The lowest BCUT2D eigenvalue weighted by Gasteiger charge is -2.22. The highest BCUT2D eigenvalue weighted by Gasteiger charge is 2.13. The number of thiazole rings is 1. The molecule has 0 saturated carbocycles. The predicted octanol–water partition coefficient (Wildman–Crippen LogP) is 4.32. The second kappa shape index (κ2) is 14.8. The lowest BCUT2D eigenvalue weighted by Crippen LogP contribution is -2.38. The Bertz CT molecular complexity index is 776. The van der Waals surface area contributed by atoms with Crippen molar-refractivity contribution in [2.45, 2.75) is 58.8 Å². The molecule has 3 rings (SSSR count). The molecule has 0 radical (unpaired) electrons. The van der Waals surface area contributed by atoms with E-state index in [1.54, 1.807) is 11.3 Å². The van der Waals surface area contributed by atoms with E-state index in [1.165, 1.54) is 21.0 Å². The highest BCUT2D eigenvalue weighted by Crippen LogP contribution is 2.15. The molecular weight excluding hydrogens is 523 g/mol. The van der Waals surface area contributed by atoms with Crippen molar-refractivity contribution in [1.29, 1.82) is 0 Å². The minimum atomic E-state index is 0. The Labute approximate surface area is 207 Å². The third-order valence-electron chi connectivity index (χ3n) is 5.02. The minimum absolute atomic E-state index is 0. The normalized spacial score (nSPS) is 14.8. The Morgan fingerprint density at radius 2 is 1.90 bits per heavy atom. The number of aromatic nitrogens is 1. The van der Waals surface area contributed by atoms with Gasteiger partial charge in [-0.05, 0) is 37.3 Å². The molecule has 0 unspecified atom stereocenters. The monoisotopic (exact) mass is 558 g/mol. The summed E-state index contributed by atoms with van der Waals surface area (Å²) in [6.07, 6.45) is 6.27. The zero-order valence-electron chi connectivity index (χ0n) is 18.6. The van der Waals surface area contributed by atoms with Crippen LogP contribution in [0, 0.1) is 0 Å². The second-order valence-corrected chi connectivity index (χ2v) is 8.58. The van der Waals surface area contributed by atoms with Crippen LogP contribution in [0.25, 0.3) is 0 Å². The summed E-state index contributed by atoms with van der Waals surface area (Å²) >= 11 is 1.79. The van der Waals surface area contributed by atoms with E-state index in [0.29, 0.717) is 19.3 Å². The average Bonchev–Trinajstić information content (AvgIpc) is 3.25. The molecular formula is C23H35IN4O2S. The van der Waals surface area contributed by atoms with Crippen LogP contribution in [-0.2, 0) is 35.5 Å². The molecule has 172 valence electrons. The maximum Gasteiger partial charge on any atom is 0.191 e. The van der Waals surface area contributed by atoms with Crippen molar-refractivity contribution in [1.82, 2.24) is 15.6 Å². The van der Waals surface area contributed by atoms with E-state index in [9.17, 15) is 0 Å². The number of nitrogens with zero attached hydrogens (tertiary/aromatic N) is 2. The number of hydrogen-bond acceptors (Lipinski definition) is 5. The number of aliphatic imine (C=N–C) groups is 1. The molecule has 1 fully saturated rings. The van der Waals surface area contributed by atoms with Gasteiger partial charge in [0.05, 0.1) is 24.3 Å². The first-order chi connectivity index (χ1) is 14.8. The highest BCUT2D eigenvalue weighted by atomic mass is 127. The average molecular weight is 559 g/mol. The molecule has 0 atom stereocenters. The van der Waals surface area contributed by atoms with E-state index >= 15 is 0 Å². The van der Waals surface area contributed by atoms with Gasteiger partial charge in [-0.1, -0.05) is 31.2 Å². The number of benzene rings is 1. The van der Waals surface area contributed by atoms with Crippen LogP contribution >= 0.6 is 35.3 Å².